The summed E-state index contributed by atoms with van der Waals surface area (Å²) in [5.41, 5.74) is 0.485. The van der Waals surface area contributed by atoms with Gasteiger partial charge in [0.15, 0.2) is 0 Å². The zero-order valence-electron chi connectivity index (χ0n) is 11.1. The SMILES string of the molecule is CC(C)(C)C1CCC(CNCCC#N)CC1. The second kappa shape index (κ2) is 6.25. The Bertz CT molecular complexity index is 226. The van der Waals surface area contributed by atoms with Crippen LogP contribution in [0.1, 0.15) is 52.9 Å². The summed E-state index contributed by atoms with van der Waals surface area (Å²) in [5, 5.41) is 11.8. The maximum Gasteiger partial charge on any atom is 0.0635 e. The van der Waals surface area contributed by atoms with Gasteiger partial charge >= 0.3 is 0 Å². The minimum Gasteiger partial charge on any atom is -0.315 e. The first kappa shape index (κ1) is 13.5. The van der Waals surface area contributed by atoms with Crippen LogP contribution in [0.2, 0.25) is 0 Å². The fourth-order valence-electron chi connectivity index (χ4n) is 2.68. The molecule has 1 fully saturated rings. The highest BCUT2D eigenvalue weighted by molar-refractivity contribution is 4.81. The van der Waals surface area contributed by atoms with Crippen LogP contribution in [0.15, 0.2) is 0 Å². The maximum absolute atomic E-state index is 8.44. The Hall–Kier alpha value is -0.550. The van der Waals surface area contributed by atoms with E-state index in [1.807, 2.05) is 0 Å². The molecule has 92 valence electrons. The van der Waals surface area contributed by atoms with Crippen LogP contribution in [0.5, 0.6) is 0 Å². The molecular formula is C14H26N2. The lowest BCUT2D eigenvalue weighted by Gasteiger charge is -2.37. The molecule has 0 atom stereocenters. The lowest BCUT2D eigenvalue weighted by atomic mass is 9.70. The van der Waals surface area contributed by atoms with E-state index in [4.69, 9.17) is 5.26 Å². The van der Waals surface area contributed by atoms with Gasteiger partial charge in [-0.3, -0.25) is 0 Å². The van der Waals surface area contributed by atoms with E-state index in [0.29, 0.717) is 11.8 Å². The third-order valence-electron chi connectivity index (χ3n) is 3.92. The van der Waals surface area contributed by atoms with Crippen LogP contribution in [-0.4, -0.2) is 13.1 Å². The van der Waals surface area contributed by atoms with E-state index in [-0.39, 0.29) is 0 Å². The Labute approximate surface area is 100 Å². The van der Waals surface area contributed by atoms with Crippen molar-refractivity contribution >= 4 is 0 Å². The van der Waals surface area contributed by atoms with Crippen molar-refractivity contribution in [3.63, 3.8) is 0 Å². The van der Waals surface area contributed by atoms with Crippen molar-refractivity contribution < 1.29 is 0 Å². The molecular weight excluding hydrogens is 196 g/mol. The molecule has 0 bridgehead atoms. The molecule has 1 N–H and O–H groups in total. The molecule has 0 aromatic carbocycles. The van der Waals surface area contributed by atoms with Crippen LogP contribution in [-0.2, 0) is 0 Å². The van der Waals surface area contributed by atoms with E-state index < -0.39 is 0 Å². The standard InChI is InChI=1S/C14H26N2/c1-14(2,3)13-7-5-12(6-8-13)11-16-10-4-9-15/h12-13,16H,4-8,10-11H2,1-3H3. The molecule has 0 heterocycles. The van der Waals surface area contributed by atoms with E-state index in [1.165, 1.54) is 25.7 Å². The first-order valence-corrected chi connectivity index (χ1v) is 6.61. The van der Waals surface area contributed by atoms with E-state index >= 15 is 0 Å². The van der Waals surface area contributed by atoms with Crippen LogP contribution in [0.25, 0.3) is 0 Å². The van der Waals surface area contributed by atoms with Gasteiger partial charge in [-0.2, -0.15) is 5.26 Å². The highest BCUT2D eigenvalue weighted by atomic mass is 14.9. The summed E-state index contributed by atoms with van der Waals surface area (Å²) in [6.07, 6.45) is 6.13. The number of nitriles is 1. The lowest BCUT2D eigenvalue weighted by Crippen LogP contribution is -2.31. The number of hydrogen-bond acceptors (Lipinski definition) is 2. The molecule has 0 unspecified atom stereocenters. The van der Waals surface area contributed by atoms with Crippen molar-refractivity contribution in [2.45, 2.75) is 52.9 Å². The van der Waals surface area contributed by atoms with Crippen molar-refractivity contribution in [2.75, 3.05) is 13.1 Å². The number of nitrogens with zero attached hydrogens (tertiary/aromatic N) is 1. The molecule has 0 amide bonds. The molecule has 2 heteroatoms. The summed E-state index contributed by atoms with van der Waals surface area (Å²) in [7, 11) is 0. The smallest absolute Gasteiger partial charge is 0.0635 e. The van der Waals surface area contributed by atoms with E-state index in [0.717, 1.165) is 24.9 Å². The minimum atomic E-state index is 0.485. The Morgan fingerprint density at radius 3 is 2.31 bits per heavy atom. The van der Waals surface area contributed by atoms with Gasteiger partial charge in [0.25, 0.3) is 0 Å². The first-order valence-electron chi connectivity index (χ1n) is 6.61. The highest BCUT2D eigenvalue weighted by Gasteiger charge is 2.29. The number of hydrogen-bond donors (Lipinski definition) is 1. The molecule has 0 spiro atoms. The molecule has 2 nitrogen and oxygen atoms in total. The van der Waals surface area contributed by atoms with Crippen molar-refractivity contribution in [3.05, 3.63) is 0 Å². The Morgan fingerprint density at radius 1 is 1.19 bits per heavy atom. The number of nitrogens with one attached hydrogen (secondary N) is 1. The molecule has 1 aliphatic rings. The predicted molar refractivity (Wildman–Crippen MR) is 68.0 cm³/mol. The van der Waals surface area contributed by atoms with E-state index in [9.17, 15) is 0 Å². The molecule has 1 aliphatic carbocycles. The summed E-state index contributed by atoms with van der Waals surface area (Å²) in [6.45, 7) is 9.06. The quantitative estimate of drug-likeness (QED) is 0.740. The third-order valence-corrected chi connectivity index (χ3v) is 3.92. The van der Waals surface area contributed by atoms with Gasteiger partial charge in [-0.05, 0) is 49.5 Å². The predicted octanol–water partition coefficient (Wildman–Crippen LogP) is 3.34. The second-order valence-corrected chi connectivity index (χ2v) is 6.20. The third kappa shape index (κ3) is 4.53. The maximum atomic E-state index is 8.44. The Balaban J connectivity index is 2.15. The average molecular weight is 222 g/mol. The van der Waals surface area contributed by atoms with Gasteiger partial charge < -0.3 is 5.32 Å². The molecule has 1 saturated carbocycles. The summed E-state index contributed by atoms with van der Waals surface area (Å²) < 4.78 is 0. The Kier molecular flexibility index (Phi) is 5.28. The number of rotatable bonds is 4. The molecule has 16 heavy (non-hydrogen) atoms. The molecule has 0 aromatic rings. The molecule has 0 aromatic heterocycles. The topological polar surface area (TPSA) is 35.8 Å². The van der Waals surface area contributed by atoms with Gasteiger partial charge in [-0.25, -0.2) is 0 Å². The normalized spacial score (nSPS) is 26.4. The largest absolute Gasteiger partial charge is 0.315 e. The van der Waals surface area contributed by atoms with E-state index in [2.05, 4.69) is 32.2 Å². The van der Waals surface area contributed by atoms with Crippen molar-refractivity contribution in [1.29, 1.82) is 5.26 Å². The summed E-state index contributed by atoms with van der Waals surface area (Å²) >= 11 is 0. The van der Waals surface area contributed by atoms with Crippen LogP contribution in [0.3, 0.4) is 0 Å². The highest BCUT2D eigenvalue weighted by Crippen LogP contribution is 2.39. The monoisotopic (exact) mass is 222 g/mol. The fourth-order valence-corrected chi connectivity index (χ4v) is 2.68. The summed E-state index contributed by atoms with van der Waals surface area (Å²) in [4.78, 5) is 0. The zero-order valence-corrected chi connectivity index (χ0v) is 11.1. The molecule has 0 saturated heterocycles. The van der Waals surface area contributed by atoms with Crippen LogP contribution < -0.4 is 5.32 Å². The fraction of sp³-hybridized carbons (Fsp3) is 0.929. The van der Waals surface area contributed by atoms with Gasteiger partial charge in [0.1, 0.15) is 0 Å². The van der Waals surface area contributed by atoms with Crippen molar-refractivity contribution in [2.24, 2.45) is 17.3 Å². The second-order valence-electron chi connectivity index (χ2n) is 6.20. The molecule has 0 aliphatic heterocycles. The first-order chi connectivity index (χ1) is 7.54. The zero-order chi connectivity index (χ0) is 12.0. The lowest BCUT2D eigenvalue weighted by molar-refractivity contribution is 0.149. The summed E-state index contributed by atoms with van der Waals surface area (Å²) in [5.74, 6) is 1.75. The van der Waals surface area contributed by atoms with Crippen LogP contribution >= 0.6 is 0 Å². The summed E-state index contributed by atoms with van der Waals surface area (Å²) in [6, 6.07) is 2.17. The average Bonchev–Trinajstić information content (AvgIpc) is 2.24. The van der Waals surface area contributed by atoms with Crippen molar-refractivity contribution in [1.82, 2.24) is 5.32 Å². The van der Waals surface area contributed by atoms with Gasteiger partial charge in [0, 0.05) is 13.0 Å². The van der Waals surface area contributed by atoms with Gasteiger partial charge in [0.05, 0.1) is 6.07 Å². The van der Waals surface area contributed by atoms with Crippen LogP contribution in [0, 0.1) is 28.6 Å². The molecule has 0 radical (unpaired) electrons. The Morgan fingerprint density at radius 2 is 1.81 bits per heavy atom. The van der Waals surface area contributed by atoms with Crippen molar-refractivity contribution in [3.8, 4) is 6.07 Å². The van der Waals surface area contributed by atoms with Crippen LogP contribution in [0.4, 0.5) is 0 Å². The van der Waals surface area contributed by atoms with Gasteiger partial charge in [-0.15, -0.1) is 0 Å². The van der Waals surface area contributed by atoms with Gasteiger partial charge in [-0.1, -0.05) is 20.8 Å². The van der Waals surface area contributed by atoms with E-state index in [1.54, 1.807) is 0 Å². The minimum absolute atomic E-state index is 0.485. The molecule has 1 rings (SSSR count). The van der Waals surface area contributed by atoms with Gasteiger partial charge in [0.2, 0.25) is 0 Å².